The maximum atomic E-state index is 5.93. The molecule has 0 bridgehead atoms. The molecule has 0 aliphatic rings. The van der Waals surface area contributed by atoms with Crippen LogP contribution in [0.15, 0.2) is 6.33 Å². The van der Waals surface area contributed by atoms with Crippen molar-refractivity contribution in [3.05, 3.63) is 11.9 Å². The molecule has 1 unspecified atom stereocenters. The van der Waals surface area contributed by atoms with Crippen LogP contribution in [0.1, 0.15) is 64.9 Å². The van der Waals surface area contributed by atoms with Crippen LogP contribution in [0.25, 0.3) is 0 Å². The second-order valence-electron chi connectivity index (χ2n) is 5.07. The van der Waals surface area contributed by atoms with Crippen LogP contribution in [0.5, 0.6) is 5.88 Å². The minimum Gasteiger partial charge on any atom is -0.474 e. The van der Waals surface area contributed by atoms with Crippen LogP contribution in [-0.2, 0) is 6.42 Å². The molecule has 2 N–H and O–H groups in total. The smallest absolute Gasteiger partial charge is 0.222 e. The molecule has 4 nitrogen and oxygen atoms in total. The van der Waals surface area contributed by atoms with Gasteiger partial charge in [0.15, 0.2) is 0 Å². The number of aromatic nitrogens is 2. The maximum absolute atomic E-state index is 5.93. The Bertz CT molecular complexity index is 368. The molecule has 19 heavy (non-hydrogen) atoms. The molecule has 1 rings (SSSR count). The van der Waals surface area contributed by atoms with Gasteiger partial charge in [-0.3, -0.25) is 0 Å². The fraction of sp³-hybridized carbons (Fsp3) is 0.733. The molecule has 1 aromatic rings. The first kappa shape index (κ1) is 15.7. The second kappa shape index (κ2) is 8.73. The van der Waals surface area contributed by atoms with Crippen LogP contribution < -0.4 is 10.5 Å². The number of nitrogens with two attached hydrogens (primary N) is 1. The fourth-order valence-electron chi connectivity index (χ4n) is 2.10. The lowest BCUT2D eigenvalue weighted by molar-refractivity contribution is 0.196. The summed E-state index contributed by atoms with van der Waals surface area (Å²) < 4.78 is 5.93. The van der Waals surface area contributed by atoms with Crippen LogP contribution in [0.2, 0.25) is 0 Å². The van der Waals surface area contributed by atoms with Crippen LogP contribution in [0, 0.1) is 0 Å². The molecule has 0 aliphatic heterocycles. The van der Waals surface area contributed by atoms with Gasteiger partial charge in [-0.25, -0.2) is 9.97 Å². The molecular weight excluding hydrogens is 238 g/mol. The van der Waals surface area contributed by atoms with Gasteiger partial charge in [0.25, 0.3) is 0 Å². The Morgan fingerprint density at radius 3 is 2.63 bits per heavy atom. The Kier molecular flexibility index (Phi) is 7.23. The van der Waals surface area contributed by atoms with E-state index < -0.39 is 0 Å². The largest absolute Gasteiger partial charge is 0.474 e. The summed E-state index contributed by atoms with van der Waals surface area (Å²) in [7, 11) is 0. The summed E-state index contributed by atoms with van der Waals surface area (Å²) >= 11 is 0. The van der Waals surface area contributed by atoms with E-state index >= 15 is 0 Å². The highest BCUT2D eigenvalue weighted by atomic mass is 16.5. The predicted octanol–water partition coefficient (Wildman–Crippen LogP) is 3.75. The van der Waals surface area contributed by atoms with Crippen LogP contribution in [0.4, 0.5) is 5.82 Å². The number of unbranched alkanes of at least 4 members (excludes halogenated alkanes) is 3. The molecule has 0 spiro atoms. The first-order chi connectivity index (χ1) is 9.19. The van der Waals surface area contributed by atoms with Gasteiger partial charge in [0.2, 0.25) is 5.88 Å². The van der Waals surface area contributed by atoms with E-state index in [1.54, 1.807) is 0 Å². The number of ether oxygens (including phenoxy) is 1. The summed E-state index contributed by atoms with van der Waals surface area (Å²) in [5.41, 5.74) is 6.84. The number of hydrogen-bond donors (Lipinski definition) is 1. The molecule has 0 amide bonds. The monoisotopic (exact) mass is 265 g/mol. The minimum atomic E-state index is 0.182. The van der Waals surface area contributed by atoms with E-state index in [0.717, 1.165) is 24.8 Å². The van der Waals surface area contributed by atoms with Gasteiger partial charge in [-0.05, 0) is 26.2 Å². The van der Waals surface area contributed by atoms with E-state index in [0.29, 0.717) is 11.7 Å². The highest BCUT2D eigenvalue weighted by Gasteiger charge is 2.12. The van der Waals surface area contributed by atoms with Crippen molar-refractivity contribution in [2.24, 2.45) is 0 Å². The van der Waals surface area contributed by atoms with Gasteiger partial charge in [0, 0.05) is 0 Å². The number of hydrogen-bond acceptors (Lipinski definition) is 4. The molecule has 0 saturated heterocycles. The van der Waals surface area contributed by atoms with Crippen LogP contribution in [-0.4, -0.2) is 16.1 Å². The zero-order valence-corrected chi connectivity index (χ0v) is 12.5. The number of nitrogen functional groups attached to an aromatic ring is 1. The molecule has 0 aromatic carbocycles. The first-order valence-electron chi connectivity index (χ1n) is 7.45. The van der Waals surface area contributed by atoms with Gasteiger partial charge in [-0.2, -0.15) is 0 Å². The van der Waals surface area contributed by atoms with Crippen molar-refractivity contribution in [1.82, 2.24) is 9.97 Å². The van der Waals surface area contributed by atoms with Gasteiger partial charge in [0.05, 0.1) is 11.7 Å². The average Bonchev–Trinajstić information content (AvgIpc) is 2.39. The van der Waals surface area contributed by atoms with Crippen molar-refractivity contribution < 1.29 is 4.74 Å². The van der Waals surface area contributed by atoms with E-state index in [4.69, 9.17) is 10.5 Å². The van der Waals surface area contributed by atoms with Crippen LogP contribution >= 0.6 is 0 Å². The zero-order chi connectivity index (χ0) is 14.1. The topological polar surface area (TPSA) is 61.0 Å². The molecule has 4 heteroatoms. The minimum absolute atomic E-state index is 0.182. The summed E-state index contributed by atoms with van der Waals surface area (Å²) in [4.78, 5) is 8.27. The van der Waals surface area contributed by atoms with E-state index in [9.17, 15) is 0 Å². The predicted molar refractivity (Wildman–Crippen MR) is 79.3 cm³/mol. The average molecular weight is 265 g/mol. The molecule has 1 aromatic heterocycles. The Labute approximate surface area is 116 Å². The molecule has 1 atom stereocenters. The van der Waals surface area contributed by atoms with Crippen molar-refractivity contribution in [2.75, 3.05) is 5.73 Å². The van der Waals surface area contributed by atoms with Gasteiger partial charge in [-0.15, -0.1) is 0 Å². The summed E-state index contributed by atoms with van der Waals surface area (Å²) in [6.45, 7) is 6.44. The number of nitrogens with zero attached hydrogens (tertiary/aromatic N) is 2. The van der Waals surface area contributed by atoms with Crippen LogP contribution in [0.3, 0.4) is 0 Å². The highest BCUT2D eigenvalue weighted by molar-refractivity contribution is 5.44. The van der Waals surface area contributed by atoms with Gasteiger partial charge >= 0.3 is 0 Å². The fourth-order valence-corrected chi connectivity index (χ4v) is 2.10. The Morgan fingerprint density at radius 1 is 1.16 bits per heavy atom. The van der Waals surface area contributed by atoms with E-state index in [1.807, 2.05) is 0 Å². The van der Waals surface area contributed by atoms with Gasteiger partial charge < -0.3 is 10.5 Å². The lowest BCUT2D eigenvalue weighted by Crippen LogP contribution is -2.15. The molecule has 0 saturated carbocycles. The Balaban J connectivity index is 2.53. The van der Waals surface area contributed by atoms with Crippen molar-refractivity contribution in [1.29, 1.82) is 0 Å². The SMILES string of the molecule is CCCCCCC(C)Oc1ncnc(N)c1CCC. The first-order valence-corrected chi connectivity index (χ1v) is 7.45. The third-order valence-corrected chi connectivity index (χ3v) is 3.22. The zero-order valence-electron chi connectivity index (χ0n) is 12.5. The van der Waals surface area contributed by atoms with Crippen molar-refractivity contribution in [3.8, 4) is 5.88 Å². The number of anilines is 1. The standard InChI is InChI=1S/C15H27N3O/c1-4-6-7-8-10-12(3)19-15-13(9-5-2)14(16)17-11-18-15/h11-12H,4-10H2,1-3H3,(H2,16,17,18). The third-order valence-electron chi connectivity index (χ3n) is 3.22. The summed E-state index contributed by atoms with van der Waals surface area (Å²) in [5.74, 6) is 1.21. The summed E-state index contributed by atoms with van der Waals surface area (Å²) in [6.07, 6.45) is 9.65. The molecule has 0 radical (unpaired) electrons. The molecule has 1 heterocycles. The molecule has 0 aliphatic carbocycles. The van der Waals surface area contributed by atoms with Crippen molar-refractivity contribution in [3.63, 3.8) is 0 Å². The number of rotatable bonds is 9. The maximum Gasteiger partial charge on any atom is 0.222 e. The van der Waals surface area contributed by atoms with E-state index in [-0.39, 0.29) is 6.10 Å². The highest BCUT2D eigenvalue weighted by Crippen LogP contribution is 2.23. The van der Waals surface area contributed by atoms with Gasteiger partial charge in [-0.1, -0.05) is 39.5 Å². The Hall–Kier alpha value is -1.32. The molecule has 0 fully saturated rings. The third kappa shape index (κ3) is 5.45. The normalized spacial score (nSPS) is 12.4. The lowest BCUT2D eigenvalue weighted by atomic mass is 10.1. The van der Waals surface area contributed by atoms with E-state index in [1.165, 1.54) is 32.0 Å². The quantitative estimate of drug-likeness (QED) is 0.691. The summed E-state index contributed by atoms with van der Waals surface area (Å²) in [5, 5.41) is 0. The Morgan fingerprint density at radius 2 is 1.95 bits per heavy atom. The van der Waals surface area contributed by atoms with E-state index in [2.05, 4.69) is 30.7 Å². The lowest BCUT2D eigenvalue weighted by Gasteiger charge is -2.16. The second-order valence-corrected chi connectivity index (χ2v) is 5.07. The van der Waals surface area contributed by atoms with Gasteiger partial charge in [0.1, 0.15) is 12.1 Å². The molecular formula is C15H27N3O. The molecule has 108 valence electrons. The van der Waals surface area contributed by atoms with Crippen molar-refractivity contribution >= 4 is 5.82 Å². The van der Waals surface area contributed by atoms with Crippen molar-refractivity contribution in [2.45, 2.75) is 71.8 Å². The summed E-state index contributed by atoms with van der Waals surface area (Å²) in [6, 6.07) is 0.